The number of hydrogen-bond donors (Lipinski definition) is 1. The molecule has 21 heavy (non-hydrogen) atoms. The van der Waals surface area contributed by atoms with Crippen LogP contribution in [0.2, 0.25) is 0 Å². The highest BCUT2D eigenvalue weighted by atomic mass is 32.1. The van der Waals surface area contributed by atoms with Gasteiger partial charge in [-0.3, -0.25) is 4.98 Å². The van der Waals surface area contributed by atoms with E-state index in [1.165, 1.54) is 32.4 Å². The molecule has 3 nitrogen and oxygen atoms in total. The van der Waals surface area contributed by atoms with Crippen molar-refractivity contribution in [3.05, 3.63) is 66.5 Å². The maximum atomic E-state index is 4.50. The molecule has 0 amide bonds. The van der Waals surface area contributed by atoms with E-state index in [0.29, 0.717) is 6.54 Å². The predicted molar refractivity (Wildman–Crippen MR) is 88.7 cm³/mol. The van der Waals surface area contributed by atoms with Gasteiger partial charge in [-0.05, 0) is 35.1 Å². The van der Waals surface area contributed by atoms with Gasteiger partial charge in [-0.2, -0.15) is 4.37 Å². The molecule has 0 saturated heterocycles. The van der Waals surface area contributed by atoms with Gasteiger partial charge in [0.05, 0.1) is 16.9 Å². The Morgan fingerprint density at radius 1 is 0.905 bits per heavy atom. The fourth-order valence-corrected chi connectivity index (χ4v) is 3.26. The van der Waals surface area contributed by atoms with Gasteiger partial charge >= 0.3 is 0 Å². The van der Waals surface area contributed by atoms with Crippen LogP contribution in [0.4, 0.5) is 5.82 Å². The van der Waals surface area contributed by atoms with E-state index in [1.54, 1.807) is 0 Å². The fourth-order valence-electron chi connectivity index (χ4n) is 2.50. The summed E-state index contributed by atoms with van der Waals surface area (Å²) in [6.45, 7) is 0.676. The van der Waals surface area contributed by atoms with E-state index in [9.17, 15) is 0 Å². The zero-order chi connectivity index (χ0) is 14.1. The molecular weight excluding hydrogens is 278 g/mol. The minimum atomic E-state index is 0.676. The van der Waals surface area contributed by atoms with Crippen molar-refractivity contribution in [2.75, 3.05) is 5.32 Å². The topological polar surface area (TPSA) is 37.8 Å². The Morgan fingerprint density at radius 3 is 2.67 bits per heavy atom. The van der Waals surface area contributed by atoms with Gasteiger partial charge in [0.15, 0.2) is 0 Å². The summed E-state index contributed by atoms with van der Waals surface area (Å²) in [6.07, 6.45) is 1.86. The number of pyridine rings is 1. The number of benzene rings is 2. The zero-order valence-corrected chi connectivity index (χ0v) is 12.1. The highest BCUT2D eigenvalue weighted by Gasteiger charge is 2.06. The lowest BCUT2D eigenvalue weighted by atomic mass is 10.1. The molecule has 0 atom stereocenters. The second kappa shape index (κ2) is 5.14. The van der Waals surface area contributed by atoms with Crippen molar-refractivity contribution in [3.63, 3.8) is 0 Å². The quantitative estimate of drug-likeness (QED) is 0.605. The van der Waals surface area contributed by atoms with Crippen molar-refractivity contribution >= 4 is 38.2 Å². The first kappa shape index (κ1) is 12.3. The highest BCUT2D eigenvalue weighted by molar-refractivity contribution is 7.13. The van der Waals surface area contributed by atoms with E-state index in [-0.39, 0.29) is 0 Å². The number of aromatic nitrogens is 2. The normalized spacial score (nSPS) is 11.0. The smallest absolute Gasteiger partial charge is 0.147 e. The number of rotatable bonds is 3. The average Bonchev–Trinajstić information content (AvgIpc) is 2.96. The lowest BCUT2D eigenvalue weighted by molar-refractivity contribution is 1.06. The second-order valence-corrected chi connectivity index (χ2v) is 5.66. The second-order valence-electron chi connectivity index (χ2n) is 4.86. The molecule has 0 aliphatic heterocycles. The molecule has 0 unspecified atom stereocenters. The van der Waals surface area contributed by atoms with Gasteiger partial charge in [-0.25, -0.2) is 0 Å². The van der Waals surface area contributed by atoms with Gasteiger partial charge in [-0.1, -0.05) is 36.4 Å². The highest BCUT2D eigenvalue weighted by Crippen LogP contribution is 2.27. The number of fused-ring (bicyclic) bond motifs is 2. The molecule has 0 fully saturated rings. The van der Waals surface area contributed by atoms with Crippen molar-refractivity contribution in [1.82, 2.24) is 9.36 Å². The molecule has 4 heteroatoms. The van der Waals surface area contributed by atoms with Crippen LogP contribution in [0.1, 0.15) is 5.69 Å². The van der Waals surface area contributed by atoms with Gasteiger partial charge in [0, 0.05) is 17.0 Å². The third-order valence-corrected chi connectivity index (χ3v) is 4.38. The van der Waals surface area contributed by atoms with Crippen LogP contribution in [0.25, 0.3) is 20.9 Å². The average molecular weight is 291 g/mol. The summed E-state index contributed by atoms with van der Waals surface area (Å²) < 4.78 is 5.69. The van der Waals surface area contributed by atoms with Crippen LogP contribution in [0.15, 0.2) is 60.8 Å². The van der Waals surface area contributed by atoms with Crippen LogP contribution in [-0.2, 0) is 6.54 Å². The molecule has 2 heterocycles. The molecular formula is C17H13N3S. The Kier molecular flexibility index (Phi) is 3.01. The molecule has 0 bridgehead atoms. The summed E-state index contributed by atoms with van der Waals surface area (Å²) in [5, 5.41) is 6.98. The summed E-state index contributed by atoms with van der Waals surface area (Å²) in [4.78, 5) is 4.50. The van der Waals surface area contributed by atoms with Crippen molar-refractivity contribution in [2.24, 2.45) is 0 Å². The molecule has 0 saturated carbocycles. The number of nitrogens with zero attached hydrogens (tertiary/aromatic N) is 2. The molecule has 0 spiro atoms. The van der Waals surface area contributed by atoms with E-state index in [1.807, 2.05) is 36.5 Å². The maximum absolute atomic E-state index is 4.50. The Bertz CT molecular complexity index is 909. The van der Waals surface area contributed by atoms with E-state index in [0.717, 1.165) is 11.5 Å². The van der Waals surface area contributed by atoms with Gasteiger partial charge in [0.1, 0.15) is 5.82 Å². The summed E-state index contributed by atoms with van der Waals surface area (Å²) in [5.41, 5.74) is 1.05. The summed E-state index contributed by atoms with van der Waals surface area (Å²) in [6, 6.07) is 18.6. The zero-order valence-electron chi connectivity index (χ0n) is 11.3. The van der Waals surface area contributed by atoms with Crippen molar-refractivity contribution in [1.29, 1.82) is 0 Å². The molecule has 102 valence electrons. The van der Waals surface area contributed by atoms with Gasteiger partial charge in [0.2, 0.25) is 0 Å². The third-order valence-electron chi connectivity index (χ3n) is 3.56. The minimum absolute atomic E-state index is 0.676. The van der Waals surface area contributed by atoms with Crippen LogP contribution in [0.3, 0.4) is 0 Å². The van der Waals surface area contributed by atoms with E-state index >= 15 is 0 Å². The predicted octanol–water partition coefficient (Wildman–Crippen LogP) is 4.46. The number of anilines is 1. The van der Waals surface area contributed by atoms with Crippen LogP contribution in [0.5, 0.6) is 0 Å². The molecule has 2 aromatic heterocycles. The fraction of sp³-hybridized carbons (Fsp3) is 0.0588. The monoisotopic (exact) mass is 291 g/mol. The lowest BCUT2D eigenvalue weighted by Gasteiger charge is -2.07. The van der Waals surface area contributed by atoms with Crippen LogP contribution in [-0.4, -0.2) is 9.36 Å². The Balaban J connectivity index is 1.67. The molecule has 0 radical (unpaired) electrons. The first-order chi connectivity index (χ1) is 10.4. The van der Waals surface area contributed by atoms with Crippen LogP contribution < -0.4 is 5.32 Å². The van der Waals surface area contributed by atoms with E-state index in [2.05, 4.69) is 38.9 Å². The summed E-state index contributed by atoms with van der Waals surface area (Å²) in [5.74, 6) is 0.935. The molecule has 4 aromatic rings. The van der Waals surface area contributed by atoms with Crippen LogP contribution >= 0.6 is 11.5 Å². The lowest BCUT2D eigenvalue weighted by Crippen LogP contribution is -2.02. The van der Waals surface area contributed by atoms with Gasteiger partial charge < -0.3 is 5.32 Å². The van der Waals surface area contributed by atoms with Crippen molar-refractivity contribution in [2.45, 2.75) is 6.54 Å². The molecule has 0 aliphatic rings. The third kappa shape index (κ3) is 2.23. The van der Waals surface area contributed by atoms with Crippen molar-refractivity contribution < 1.29 is 0 Å². The maximum Gasteiger partial charge on any atom is 0.147 e. The van der Waals surface area contributed by atoms with E-state index < -0.39 is 0 Å². The number of nitrogens with one attached hydrogen (secondary N) is 1. The first-order valence-corrected chi connectivity index (χ1v) is 7.60. The molecule has 2 aromatic carbocycles. The minimum Gasteiger partial charge on any atom is -0.363 e. The SMILES string of the molecule is c1ccc2c(CNc3nsc4ccccc34)nccc2c1. The van der Waals surface area contributed by atoms with Crippen molar-refractivity contribution in [3.8, 4) is 0 Å². The Hall–Kier alpha value is -2.46. The van der Waals surface area contributed by atoms with Gasteiger partial charge in [-0.15, -0.1) is 0 Å². The molecule has 0 aliphatic carbocycles. The summed E-state index contributed by atoms with van der Waals surface area (Å²) >= 11 is 1.52. The Labute approximate surface area is 126 Å². The Morgan fingerprint density at radius 2 is 1.71 bits per heavy atom. The first-order valence-electron chi connectivity index (χ1n) is 6.83. The largest absolute Gasteiger partial charge is 0.363 e. The summed E-state index contributed by atoms with van der Waals surface area (Å²) in [7, 11) is 0. The van der Waals surface area contributed by atoms with Gasteiger partial charge in [0.25, 0.3) is 0 Å². The van der Waals surface area contributed by atoms with Crippen LogP contribution in [0, 0.1) is 0 Å². The number of hydrogen-bond acceptors (Lipinski definition) is 4. The molecule has 4 rings (SSSR count). The van der Waals surface area contributed by atoms with E-state index in [4.69, 9.17) is 0 Å². The standard InChI is InChI=1S/C17H13N3S/c1-2-6-13-12(5-1)9-10-18-15(13)11-19-17-14-7-3-4-8-16(14)21-20-17/h1-10H,11H2,(H,19,20). The molecule has 1 N–H and O–H groups in total.